The van der Waals surface area contributed by atoms with Crippen LogP contribution in [0.5, 0.6) is 0 Å². The van der Waals surface area contributed by atoms with E-state index >= 15 is 0 Å². The summed E-state index contributed by atoms with van der Waals surface area (Å²) in [5.74, 6) is -2.57. The maximum absolute atomic E-state index is 13.5. The molecule has 96 valence electrons. The lowest BCUT2D eigenvalue weighted by molar-refractivity contribution is -0.0490. The topological polar surface area (TPSA) is 30.7 Å². The van der Waals surface area contributed by atoms with Crippen LogP contribution in [0.25, 0.3) is 11.0 Å². The molecule has 0 radical (unpaired) electrons. The molecule has 0 aromatic carbocycles. The van der Waals surface area contributed by atoms with Crippen LogP contribution in [0, 0.1) is 0 Å². The van der Waals surface area contributed by atoms with E-state index in [2.05, 4.69) is 9.97 Å². The average Bonchev–Trinajstić information content (AvgIpc) is 2.73. The van der Waals surface area contributed by atoms with Crippen molar-refractivity contribution in [3.05, 3.63) is 23.7 Å². The van der Waals surface area contributed by atoms with E-state index in [0.29, 0.717) is 22.6 Å². The van der Waals surface area contributed by atoms with Crippen LogP contribution in [-0.4, -0.2) is 20.5 Å². The molecule has 3 nitrogen and oxygen atoms in total. The van der Waals surface area contributed by atoms with Gasteiger partial charge in [0.25, 0.3) is 0 Å². The third-order valence-corrected chi connectivity index (χ3v) is 3.77. The van der Waals surface area contributed by atoms with Crippen molar-refractivity contribution in [2.45, 2.75) is 37.6 Å². The van der Waals surface area contributed by atoms with Crippen LogP contribution in [0.2, 0.25) is 5.15 Å². The Kier molecular flexibility index (Phi) is 2.73. The summed E-state index contributed by atoms with van der Waals surface area (Å²) in [4.78, 5) is 8.03. The summed E-state index contributed by atoms with van der Waals surface area (Å²) in [7, 11) is 0. The molecule has 2 aromatic heterocycles. The second-order valence-electron chi connectivity index (χ2n) is 4.73. The van der Waals surface area contributed by atoms with Gasteiger partial charge >= 0.3 is 0 Å². The van der Waals surface area contributed by atoms with Gasteiger partial charge in [-0.1, -0.05) is 11.6 Å². The van der Waals surface area contributed by atoms with Crippen LogP contribution in [0.1, 0.15) is 31.7 Å². The number of nitrogens with zero attached hydrogens (tertiary/aromatic N) is 3. The van der Waals surface area contributed by atoms with Gasteiger partial charge in [0.1, 0.15) is 17.1 Å². The number of hydrogen-bond acceptors (Lipinski definition) is 2. The molecular formula is C12H12ClF2N3. The van der Waals surface area contributed by atoms with Crippen molar-refractivity contribution in [3.8, 4) is 0 Å². The Bertz CT molecular complexity index is 582. The minimum Gasteiger partial charge on any atom is -0.329 e. The fourth-order valence-corrected chi connectivity index (χ4v) is 2.81. The van der Waals surface area contributed by atoms with Crippen LogP contribution in [0.15, 0.2) is 18.6 Å². The SMILES string of the molecule is FC1(F)CCCC(n2ccc3c(Cl)ncnc32)C1. The highest BCUT2D eigenvalue weighted by Crippen LogP contribution is 2.40. The van der Waals surface area contributed by atoms with Gasteiger partial charge in [0.05, 0.1) is 5.39 Å². The molecule has 0 saturated heterocycles. The van der Waals surface area contributed by atoms with Gasteiger partial charge in [-0.05, 0) is 18.9 Å². The van der Waals surface area contributed by atoms with Gasteiger partial charge in [0.15, 0.2) is 0 Å². The zero-order valence-corrected chi connectivity index (χ0v) is 10.4. The summed E-state index contributed by atoms with van der Waals surface area (Å²) in [6.45, 7) is 0. The quantitative estimate of drug-likeness (QED) is 0.738. The van der Waals surface area contributed by atoms with E-state index in [1.54, 1.807) is 16.8 Å². The van der Waals surface area contributed by atoms with Crippen molar-refractivity contribution in [1.82, 2.24) is 14.5 Å². The average molecular weight is 272 g/mol. The maximum atomic E-state index is 13.5. The molecule has 1 saturated carbocycles. The Hall–Kier alpha value is -1.23. The molecule has 2 aromatic rings. The molecule has 1 fully saturated rings. The Balaban J connectivity index is 2.02. The van der Waals surface area contributed by atoms with E-state index < -0.39 is 5.92 Å². The lowest BCUT2D eigenvalue weighted by Crippen LogP contribution is -2.27. The summed E-state index contributed by atoms with van der Waals surface area (Å²) in [5, 5.41) is 1.08. The molecule has 0 aliphatic heterocycles. The minimum absolute atomic E-state index is 0.0154. The van der Waals surface area contributed by atoms with Crippen LogP contribution in [-0.2, 0) is 0 Å². The fraction of sp³-hybridized carbons (Fsp3) is 0.500. The van der Waals surface area contributed by atoms with Crippen molar-refractivity contribution in [1.29, 1.82) is 0 Å². The molecule has 1 aliphatic rings. The molecule has 1 aliphatic carbocycles. The van der Waals surface area contributed by atoms with E-state index in [0.717, 1.165) is 6.42 Å². The molecular weight excluding hydrogens is 260 g/mol. The Morgan fingerprint density at radius 3 is 3.00 bits per heavy atom. The molecule has 0 spiro atoms. The molecule has 0 amide bonds. The maximum Gasteiger partial charge on any atom is 0.250 e. The molecule has 3 rings (SSSR count). The standard InChI is InChI=1S/C12H12ClF2N3/c13-10-9-3-5-18(11(9)17-7-16-10)8-2-1-4-12(14,15)6-8/h3,5,7-8H,1-2,4,6H2. The predicted octanol–water partition coefficient (Wildman–Crippen LogP) is 3.84. The zero-order chi connectivity index (χ0) is 12.8. The highest BCUT2D eigenvalue weighted by atomic mass is 35.5. The van der Waals surface area contributed by atoms with E-state index in [4.69, 9.17) is 11.6 Å². The van der Waals surface area contributed by atoms with Crippen LogP contribution < -0.4 is 0 Å². The van der Waals surface area contributed by atoms with Gasteiger partial charge in [-0.15, -0.1) is 0 Å². The third kappa shape index (κ3) is 1.96. The van der Waals surface area contributed by atoms with Crippen LogP contribution in [0.3, 0.4) is 0 Å². The summed E-state index contributed by atoms with van der Waals surface area (Å²) < 4.78 is 28.7. The number of rotatable bonds is 1. The van der Waals surface area contributed by atoms with Gasteiger partial charge in [-0.2, -0.15) is 0 Å². The molecule has 1 unspecified atom stereocenters. The van der Waals surface area contributed by atoms with Gasteiger partial charge in [0, 0.05) is 25.1 Å². The highest BCUT2D eigenvalue weighted by molar-refractivity contribution is 6.33. The van der Waals surface area contributed by atoms with E-state index in [1.165, 1.54) is 6.33 Å². The fourth-order valence-electron chi connectivity index (χ4n) is 2.62. The Morgan fingerprint density at radius 1 is 1.39 bits per heavy atom. The first-order valence-electron chi connectivity index (χ1n) is 5.92. The van der Waals surface area contributed by atoms with Crippen molar-refractivity contribution in [3.63, 3.8) is 0 Å². The van der Waals surface area contributed by atoms with Crippen molar-refractivity contribution in [2.24, 2.45) is 0 Å². The first-order chi connectivity index (χ1) is 8.57. The third-order valence-electron chi connectivity index (χ3n) is 3.47. The lowest BCUT2D eigenvalue weighted by Gasteiger charge is -2.30. The second-order valence-corrected chi connectivity index (χ2v) is 5.09. The molecule has 0 bridgehead atoms. The van der Waals surface area contributed by atoms with Crippen LogP contribution in [0.4, 0.5) is 8.78 Å². The summed E-state index contributed by atoms with van der Waals surface area (Å²) >= 11 is 5.95. The van der Waals surface area contributed by atoms with Gasteiger partial charge in [-0.3, -0.25) is 0 Å². The minimum atomic E-state index is -2.57. The molecule has 1 atom stereocenters. The van der Waals surface area contributed by atoms with Crippen molar-refractivity contribution < 1.29 is 8.78 Å². The van der Waals surface area contributed by atoms with Crippen molar-refractivity contribution in [2.75, 3.05) is 0 Å². The first-order valence-corrected chi connectivity index (χ1v) is 6.29. The van der Waals surface area contributed by atoms with Gasteiger partial charge < -0.3 is 4.57 Å². The number of alkyl halides is 2. The number of hydrogen-bond donors (Lipinski definition) is 0. The van der Waals surface area contributed by atoms with E-state index in [9.17, 15) is 8.78 Å². The lowest BCUT2D eigenvalue weighted by atomic mass is 9.92. The highest BCUT2D eigenvalue weighted by Gasteiger charge is 2.37. The number of fused-ring (bicyclic) bond motifs is 1. The second kappa shape index (κ2) is 4.16. The van der Waals surface area contributed by atoms with Crippen molar-refractivity contribution >= 4 is 22.6 Å². The number of halogens is 3. The smallest absolute Gasteiger partial charge is 0.250 e. The predicted molar refractivity (Wildman–Crippen MR) is 65.0 cm³/mol. The molecule has 6 heteroatoms. The normalized spacial score (nSPS) is 23.4. The zero-order valence-electron chi connectivity index (χ0n) is 9.61. The van der Waals surface area contributed by atoms with E-state index in [1.807, 2.05) is 0 Å². The van der Waals surface area contributed by atoms with Gasteiger partial charge in [-0.25, -0.2) is 18.7 Å². The molecule has 18 heavy (non-hydrogen) atoms. The summed E-state index contributed by atoms with van der Waals surface area (Å²) in [5.41, 5.74) is 0.637. The molecule has 0 N–H and O–H groups in total. The molecule has 2 heterocycles. The largest absolute Gasteiger partial charge is 0.329 e. The summed E-state index contributed by atoms with van der Waals surface area (Å²) in [6.07, 6.45) is 4.29. The number of aromatic nitrogens is 3. The van der Waals surface area contributed by atoms with Crippen LogP contribution >= 0.6 is 11.6 Å². The summed E-state index contributed by atoms with van der Waals surface area (Å²) in [6, 6.07) is 1.57. The monoisotopic (exact) mass is 271 g/mol. The first kappa shape index (κ1) is 11.8. The van der Waals surface area contributed by atoms with Gasteiger partial charge in [0.2, 0.25) is 5.92 Å². The van der Waals surface area contributed by atoms with E-state index in [-0.39, 0.29) is 18.9 Å². The Morgan fingerprint density at radius 2 is 2.22 bits per heavy atom. The Labute approximate surface area is 108 Å².